The molecule has 0 aromatic heterocycles. The first kappa shape index (κ1) is 53.8. The van der Waals surface area contributed by atoms with Crippen molar-refractivity contribution in [3.8, 4) is 0 Å². The Morgan fingerprint density at radius 3 is 2.26 bits per heavy atom. The van der Waals surface area contributed by atoms with Crippen LogP contribution in [0.15, 0.2) is 11.6 Å². The Morgan fingerprint density at radius 1 is 0.879 bits per heavy atom. The smallest absolute Gasteiger partial charge is 0.407 e. The van der Waals surface area contributed by atoms with Crippen LogP contribution in [0, 0.1) is 52.3 Å². The van der Waals surface area contributed by atoms with Crippen LogP contribution in [-0.4, -0.2) is 103 Å². The summed E-state index contributed by atoms with van der Waals surface area (Å²) in [5.74, 6) is 3.84. The average molecular weight is 926 g/mol. The molecule has 10 atom stereocenters. The lowest BCUT2D eigenvalue weighted by Gasteiger charge is -2.58. The van der Waals surface area contributed by atoms with Crippen LogP contribution in [0.4, 0.5) is 9.59 Å². The number of fused-ring (bicyclic) bond motifs is 5. The van der Waals surface area contributed by atoms with Crippen molar-refractivity contribution < 1.29 is 38.2 Å². The maximum atomic E-state index is 13.1. The van der Waals surface area contributed by atoms with Crippen molar-refractivity contribution in [1.29, 1.82) is 0 Å². The van der Waals surface area contributed by atoms with E-state index in [-0.39, 0.29) is 79.4 Å². The highest BCUT2D eigenvalue weighted by Crippen LogP contribution is 2.67. The Morgan fingerprint density at radius 2 is 1.58 bits per heavy atom. The lowest BCUT2D eigenvalue weighted by molar-refractivity contribution is -0.139. The van der Waals surface area contributed by atoms with Crippen LogP contribution in [0.25, 0.3) is 0 Å². The van der Waals surface area contributed by atoms with Crippen molar-refractivity contribution in [2.75, 3.05) is 40.0 Å². The van der Waals surface area contributed by atoms with Crippen molar-refractivity contribution in [3.63, 3.8) is 0 Å². The van der Waals surface area contributed by atoms with Crippen LogP contribution < -0.4 is 16.0 Å². The monoisotopic (exact) mass is 926 g/mol. The Hall–Kier alpha value is -3.19. The standard InChI is InChI=1S/C53H91N5O8/c1-35(2)14-13-15-36(3)42-18-19-43-41-17-16-39-33-40(20-24-52(39,10)44(41)21-25-53(42,43)11)66-49(63)56-38(5)23-31-64-50(6,7)27-29-55-48(62)57(12)34-65-51(8,9)26-28-54-45(59)22-30-58-46(60)32-37(4)47(58)61/h16,35-38,40-44H,13-15,17-34H2,1-12H3,(H,54,59)(H,55,62)(H,56,63)/t36-,37?,38?,40+,41+,42?,43?,44?,52+,53-/m1/s1. The quantitative estimate of drug-likeness (QED) is 0.0520. The van der Waals surface area contributed by atoms with E-state index in [0.717, 1.165) is 54.8 Å². The Bertz CT molecular complexity index is 1710. The molecule has 13 nitrogen and oxygen atoms in total. The topological polar surface area (TPSA) is 156 Å². The molecule has 5 unspecified atom stereocenters. The predicted molar refractivity (Wildman–Crippen MR) is 259 cm³/mol. The van der Waals surface area contributed by atoms with Crippen molar-refractivity contribution in [1.82, 2.24) is 25.8 Å². The molecular weight excluding hydrogens is 835 g/mol. The molecule has 376 valence electrons. The molecule has 1 aliphatic heterocycles. The number of carbonyl (C=O) groups excluding carboxylic acids is 5. The fraction of sp³-hybridized carbons (Fsp3) is 0.868. The third-order valence-corrected chi connectivity index (χ3v) is 17.0. The minimum atomic E-state index is -0.616. The maximum Gasteiger partial charge on any atom is 0.407 e. The molecule has 6 amide bonds. The largest absolute Gasteiger partial charge is 0.446 e. The summed E-state index contributed by atoms with van der Waals surface area (Å²) in [6.45, 7) is 25.3. The first-order valence-corrected chi connectivity index (χ1v) is 26.0. The van der Waals surface area contributed by atoms with Gasteiger partial charge >= 0.3 is 12.1 Å². The second-order valence-electron chi connectivity index (χ2n) is 23.6. The molecule has 5 aliphatic rings. The summed E-state index contributed by atoms with van der Waals surface area (Å²) in [4.78, 5) is 65.0. The van der Waals surface area contributed by atoms with Gasteiger partial charge in [0.05, 0.1) is 11.2 Å². The van der Waals surface area contributed by atoms with Crippen molar-refractivity contribution in [2.45, 2.75) is 202 Å². The zero-order valence-electron chi connectivity index (χ0n) is 43.3. The highest BCUT2D eigenvalue weighted by molar-refractivity contribution is 6.03. The number of alkyl carbamates (subject to hydrolysis) is 1. The Balaban J connectivity index is 0.935. The van der Waals surface area contributed by atoms with Gasteiger partial charge in [0.1, 0.15) is 12.8 Å². The molecule has 0 aromatic rings. The number of urea groups is 1. The third-order valence-electron chi connectivity index (χ3n) is 17.0. The second kappa shape index (κ2) is 22.9. The fourth-order valence-electron chi connectivity index (χ4n) is 12.7. The molecule has 0 radical (unpaired) electrons. The van der Waals surface area contributed by atoms with Gasteiger partial charge in [0.15, 0.2) is 0 Å². The van der Waals surface area contributed by atoms with Gasteiger partial charge in [-0.25, -0.2) is 9.59 Å². The van der Waals surface area contributed by atoms with E-state index in [4.69, 9.17) is 14.2 Å². The lowest BCUT2D eigenvalue weighted by Crippen LogP contribution is -2.51. The molecule has 4 fully saturated rings. The number of nitrogens with one attached hydrogen (secondary N) is 3. The highest BCUT2D eigenvalue weighted by atomic mass is 16.6. The van der Waals surface area contributed by atoms with Gasteiger partial charge in [0.25, 0.3) is 0 Å². The number of nitrogens with zero attached hydrogens (tertiary/aromatic N) is 2. The number of amides is 6. The number of carbonyl (C=O) groups is 5. The van der Waals surface area contributed by atoms with Crippen LogP contribution in [0.2, 0.25) is 0 Å². The van der Waals surface area contributed by atoms with Crippen LogP contribution in [0.1, 0.15) is 179 Å². The van der Waals surface area contributed by atoms with E-state index >= 15 is 0 Å². The molecular formula is C53H91N5O8. The molecule has 0 spiro atoms. The lowest BCUT2D eigenvalue weighted by atomic mass is 9.47. The van der Waals surface area contributed by atoms with E-state index in [1.54, 1.807) is 14.0 Å². The van der Waals surface area contributed by atoms with E-state index in [0.29, 0.717) is 44.4 Å². The van der Waals surface area contributed by atoms with Crippen molar-refractivity contribution >= 4 is 29.8 Å². The number of ether oxygens (including phenoxy) is 3. The summed E-state index contributed by atoms with van der Waals surface area (Å²) in [7, 11) is 1.66. The zero-order chi connectivity index (χ0) is 48.6. The molecule has 13 heteroatoms. The Kier molecular flexibility index (Phi) is 18.7. The summed E-state index contributed by atoms with van der Waals surface area (Å²) in [5, 5.41) is 8.82. The summed E-state index contributed by atoms with van der Waals surface area (Å²) in [6.07, 6.45) is 17.8. The number of allylic oxidation sites excluding steroid dienone is 1. The van der Waals surface area contributed by atoms with Crippen molar-refractivity contribution in [2.24, 2.45) is 52.3 Å². The molecule has 3 N–H and O–H groups in total. The van der Waals surface area contributed by atoms with E-state index in [1.165, 1.54) is 66.7 Å². The second-order valence-corrected chi connectivity index (χ2v) is 23.6. The van der Waals surface area contributed by atoms with Crippen molar-refractivity contribution in [3.05, 3.63) is 11.6 Å². The maximum absolute atomic E-state index is 13.1. The first-order valence-electron chi connectivity index (χ1n) is 26.0. The van der Waals surface area contributed by atoms with Gasteiger partial charge in [-0.3, -0.25) is 19.3 Å². The van der Waals surface area contributed by atoms with Gasteiger partial charge in [-0.05, 0) is 145 Å². The van der Waals surface area contributed by atoms with Crippen LogP contribution in [0.5, 0.6) is 0 Å². The number of imide groups is 1. The van der Waals surface area contributed by atoms with Crippen LogP contribution in [0.3, 0.4) is 0 Å². The SMILES string of the molecule is CC(C)CCC[C@@H](C)C1CCC2[C@@H]3CC=C4C[C@@H](OC(=O)NC(C)CCOC(C)(C)CCNC(=O)N(C)COC(C)(C)CCNC(=O)CCN5C(=O)CC(C)C5=O)CC[C@]4(C)C3CC[C@@]21C. The number of rotatable bonds is 23. The van der Waals surface area contributed by atoms with Gasteiger partial charge < -0.3 is 35.1 Å². The first-order chi connectivity index (χ1) is 30.9. The fourth-order valence-corrected chi connectivity index (χ4v) is 12.7. The number of likely N-dealkylation sites (tertiary alicyclic amines) is 1. The Labute approximate surface area is 398 Å². The summed E-state index contributed by atoms with van der Waals surface area (Å²) < 4.78 is 18.3. The molecule has 4 aliphatic carbocycles. The number of hydrogen-bond donors (Lipinski definition) is 3. The molecule has 5 rings (SSSR count). The van der Waals surface area contributed by atoms with Crippen LogP contribution in [-0.2, 0) is 28.6 Å². The summed E-state index contributed by atoms with van der Waals surface area (Å²) in [5.41, 5.74) is 1.13. The molecule has 3 saturated carbocycles. The molecule has 0 bridgehead atoms. The van der Waals surface area contributed by atoms with E-state index < -0.39 is 11.2 Å². The van der Waals surface area contributed by atoms with Crippen LogP contribution >= 0.6 is 0 Å². The molecule has 0 aromatic carbocycles. The van der Waals surface area contributed by atoms with E-state index in [1.807, 2.05) is 34.6 Å². The predicted octanol–water partition coefficient (Wildman–Crippen LogP) is 9.77. The van der Waals surface area contributed by atoms with Gasteiger partial charge in [-0.2, -0.15) is 0 Å². The van der Waals surface area contributed by atoms with Gasteiger partial charge in [-0.1, -0.05) is 72.5 Å². The minimum Gasteiger partial charge on any atom is -0.446 e. The summed E-state index contributed by atoms with van der Waals surface area (Å²) >= 11 is 0. The van der Waals surface area contributed by atoms with Gasteiger partial charge in [0, 0.05) is 64.5 Å². The van der Waals surface area contributed by atoms with Gasteiger partial charge in [-0.15, -0.1) is 0 Å². The summed E-state index contributed by atoms with van der Waals surface area (Å²) in [6, 6.07) is -0.382. The number of hydrogen-bond acceptors (Lipinski definition) is 8. The normalized spacial score (nSPS) is 29.7. The average Bonchev–Trinajstić information content (AvgIpc) is 3.71. The highest BCUT2D eigenvalue weighted by Gasteiger charge is 2.59. The zero-order valence-corrected chi connectivity index (χ0v) is 43.3. The van der Waals surface area contributed by atoms with Gasteiger partial charge in [0.2, 0.25) is 17.7 Å². The minimum absolute atomic E-state index is 0.0571. The van der Waals surface area contributed by atoms with E-state index in [2.05, 4.69) is 56.6 Å². The van der Waals surface area contributed by atoms with E-state index in [9.17, 15) is 24.0 Å². The molecule has 66 heavy (non-hydrogen) atoms. The molecule has 1 heterocycles. The molecule has 1 saturated heterocycles. The third kappa shape index (κ3) is 14.0.